The van der Waals surface area contributed by atoms with Gasteiger partial charge in [0.25, 0.3) is 0 Å². The minimum atomic E-state index is 0.461. The second-order valence-corrected chi connectivity index (χ2v) is 6.28. The molecule has 0 amide bonds. The number of nitrogens with one attached hydrogen (secondary N) is 1. The number of rotatable bonds is 3. The van der Waals surface area contributed by atoms with Crippen LogP contribution in [0, 0.1) is 13.8 Å². The van der Waals surface area contributed by atoms with Crippen LogP contribution >= 0.6 is 23.4 Å². The second-order valence-electron chi connectivity index (χ2n) is 4.84. The lowest BCUT2D eigenvalue weighted by Crippen LogP contribution is -2.34. The molecule has 100 valence electrons. The molecule has 0 saturated heterocycles. The minimum Gasteiger partial charge on any atom is -0.364 e. The van der Waals surface area contributed by atoms with E-state index in [1.54, 1.807) is 0 Å². The summed E-state index contributed by atoms with van der Waals surface area (Å²) in [6, 6.07) is 0.461. The summed E-state index contributed by atoms with van der Waals surface area (Å²) < 4.78 is 0. The number of halogens is 1. The van der Waals surface area contributed by atoms with Crippen molar-refractivity contribution in [2.75, 3.05) is 11.6 Å². The molecule has 1 aliphatic carbocycles. The molecule has 2 rings (SSSR count). The molecule has 1 aromatic rings. The Bertz CT molecular complexity index is 425. The Kier molecular flexibility index (Phi) is 4.73. The molecule has 0 spiro atoms. The van der Waals surface area contributed by atoms with Gasteiger partial charge in [0.1, 0.15) is 0 Å². The second kappa shape index (κ2) is 6.11. The Morgan fingerprint density at radius 3 is 2.56 bits per heavy atom. The van der Waals surface area contributed by atoms with Crippen molar-refractivity contribution in [3.63, 3.8) is 0 Å². The Labute approximate surface area is 118 Å². The van der Waals surface area contributed by atoms with E-state index in [9.17, 15) is 0 Å². The highest BCUT2D eigenvalue weighted by molar-refractivity contribution is 7.99. The Morgan fingerprint density at radius 1 is 1.17 bits per heavy atom. The van der Waals surface area contributed by atoms with E-state index in [0.717, 1.165) is 17.2 Å². The lowest BCUT2D eigenvalue weighted by Gasteiger charge is -2.31. The average molecular weight is 286 g/mol. The molecule has 0 aliphatic heterocycles. The molecule has 1 aromatic heterocycles. The predicted octanol–water partition coefficient (Wildman–Crippen LogP) is 3.83. The minimum absolute atomic E-state index is 0.461. The summed E-state index contributed by atoms with van der Waals surface area (Å²) in [5.41, 5.74) is 1.84. The van der Waals surface area contributed by atoms with Crippen LogP contribution in [-0.2, 0) is 0 Å². The fourth-order valence-corrected chi connectivity index (χ4v) is 3.55. The molecule has 0 bridgehead atoms. The monoisotopic (exact) mass is 285 g/mol. The van der Waals surface area contributed by atoms with Crippen LogP contribution in [0.4, 0.5) is 5.82 Å². The van der Waals surface area contributed by atoms with Gasteiger partial charge in [-0.25, -0.2) is 9.97 Å². The summed E-state index contributed by atoms with van der Waals surface area (Å²) in [5, 5.41) is 4.63. The third-order valence-corrected chi connectivity index (χ3v) is 5.03. The van der Waals surface area contributed by atoms with E-state index in [1.165, 1.54) is 25.7 Å². The number of aromatic nitrogens is 2. The molecule has 1 saturated carbocycles. The van der Waals surface area contributed by atoms with Gasteiger partial charge in [-0.05, 0) is 32.9 Å². The molecule has 2 atom stereocenters. The van der Waals surface area contributed by atoms with Crippen LogP contribution in [0.25, 0.3) is 0 Å². The Balaban J connectivity index is 2.15. The fraction of sp³-hybridized carbons (Fsp3) is 0.692. The summed E-state index contributed by atoms with van der Waals surface area (Å²) in [4.78, 5) is 8.84. The summed E-state index contributed by atoms with van der Waals surface area (Å²) in [6.45, 7) is 3.90. The first-order chi connectivity index (χ1) is 8.61. The van der Waals surface area contributed by atoms with Gasteiger partial charge in [-0.15, -0.1) is 0 Å². The standard InChI is InChI=1S/C13H20ClN3S/c1-8-9(2)16-13(12(14)15-8)17-10-6-4-5-7-11(10)18-3/h10-11H,4-7H2,1-3H3,(H,16,17). The molecule has 2 unspecified atom stereocenters. The zero-order chi connectivity index (χ0) is 13.1. The van der Waals surface area contributed by atoms with Crippen molar-refractivity contribution < 1.29 is 0 Å². The van der Waals surface area contributed by atoms with E-state index in [0.29, 0.717) is 16.4 Å². The van der Waals surface area contributed by atoms with Gasteiger partial charge in [0, 0.05) is 11.3 Å². The summed E-state index contributed by atoms with van der Waals surface area (Å²) in [6.07, 6.45) is 7.25. The van der Waals surface area contributed by atoms with Crippen LogP contribution in [0.3, 0.4) is 0 Å². The maximum atomic E-state index is 6.17. The molecule has 1 N–H and O–H groups in total. The zero-order valence-electron chi connectivity index (χ0n) is 11.2. The SMILES string of the molecule is CSC1CCCCC1Nc1nc(C)c(C)nc1Cl. The van der Waals surface area contributed by atoms with Crippen molar-refractivity contribution in [3.05, 3.63) is 16.5 Å². The van der Waals surface area contributed by atoms with E-state index >= 15 is 0 Å². The molecule has 1 fully saturated rings. The summed E-state index contributed by atoms with van der Waals surface area (Å²) >= 11 is 8.10. The van der Waals surface area contributed by atoms with Crippen LogP contribution in [0.15, 0.2) is 0 Å². The molecule has 0 aromatic carbocycles. The van der Waals surface area contributed by atoms with Gasteiger partial charge in [0.15, 0.2) is 11.0 Å². The molecule has 1 aliphatic rings. The topological polar surface area (TPSA) is 37.8 Å². The molecular weight excluding hydrogens is 266 g/mol. The number of thioether (sulfide) groups is 1. The molecule has 3 nitrogen and oxygen atoms in total. The molecule has 18 heavy (non-hydrogen) atoms. The first-order valence-electron chi connectivity index (χ1n) is 6.42. The maximum Gasteiger partial charge on any atom is 0.171 e. The Morgan fingerprint density at radius 2 is 1.83 bits per heavy atom. The van der Waals surface area contributed by atoms with Crippen LogP contribution in [0.5, 0.6) is 0 Å². The average Bonchev–Trinajstić information content (AvgIpc) is 2.36. The highest BCUT2D eigenvalue weighted by atomic mass is 35.5. The third kappa shape index (κ3) is 3.09. The zero-order valence-corrected chi connectivity index (χ0v) is 12.7. The van der Waals surface area contributed by atoms with Crippen molar-refractivity contribution in [2.24, 2.45) is 0 Å². The first-order valence-corrected chi connectivity index (χ1v) is 8.08. The van der Waals surface area contributed by atoms with Gasteiger partial charge < -0.3 is 5.32 Å². The van der Waals surface area contributed by atoms with Gasteiger partial charge in [-0.1, -0.05) is 24.4 Å². The van der Waals surface area contributed by atoms with Gasteiger partial charge in [0.2, 0.25) is 0 Å². The summed E-state index contributed by atoms with van der Waals surface area (Å²) in [7, 11) is 0. The number of hydrogen-bond donors (Lipinski definition) is 1. The van der Waals surface area contributed by atoms with E-state index < -0.39 is 0 Å². The number of anilines is 1. The first kappa shape index (κ1) is 13.9. The Hall–Kier alpha value is -0.480. The van der Waals surface area contributed by atoms with Crippen molar-refractivity contribution >= 4 is 29.2 Å². The van der Waals surface area contributed by atoms with Gasteiger partial charge >= 0.3 is 0 Å². The van der Waals surface area contributed by atoms with Gasteiger partial charge in [-0.2, -0.15) is 11.8 Å². The predicted molar refractivity (Wildman–Crippen MR) is 79.7 cm³/mol. The number of nitrogens with zero attached hydrogens (tertiary/aromatic N) is 2. The fourth-order valence-electron chi connectivity index (χ4n) is 2.39. The lowest BCUT2D eigenvalue weighted by molar-refractivity contribution is 0.474. The van der Waals surface area contributed by atoms with E-state index in [2.05, 4.69) is 21.5 Å². The van der Waals surface area contributed by atoms with Crippen LogP contribution in [-0.4, -0.2) is 27.5 Å². The van der Waals surface area contributed by atoms with Crippen molar-refractivity contribution in [1.29, 1.82) is 0 Å². The van der Waals surface area contributed by atoms with E-state index in [-0.39, 0.29) is 0 Å². The number of aryl methyl sites for hydroxylation is 2. The smallest absolute Gasteiger partial charge is 0.171 e. The van der Waals surface area contributed by atoms with Crippen LogP contribution in [0.1, 0.15) is 37.1 Å². The molecule has 1 heterocycles. The van der Waals surface area contributed by atoms with Gasteiger partial charge in [0.05, 0.1) is 11.4 Å². The number of hydrogen-bond acceptors (Lipinski definition) is 4. The van der Waals surface area contributed by atoms with Crippen molar-refractivity contribution in [2.45, 2.75) is 50.8 Å². The lowest BCUT2D eigenvalue weighted by atomic mass is 9.95. The molecular formula is C13H20ClN3S. The summed E-state index contributed by atoms with van der Waals surface area (Å²) in [5.74, 6) is 0.741. The van der Waals surface area contributed by atoms with E-state index in [4.69, 9.17) is 11.6 Å². The highest BCUT2D eigenvalue weighted by Gasteiger charge is 2.25. The molecule has 0 radical (unpaired) electrons. The normalized spacial score (nSPS) is 24.0. The largest absolute Gasteiger partial charge is 0.364 e. The van der Waals surface area contributed by atoms with Crippen LogP contribution in [0.2, 0.25) is 5.15 Å². The highest BCUT2D eigenvalue weighted by Crippen LogP contribution is 2.30. The quantitative estimate of drug-likeness (QED) is 0.916. The van der Waals surface area contributed by atoms with Crippen molar-refractivity contribution in [1.82, 2.24) is 9.97 Å². The molecule has 5 heteroatoms. The van der Waals surface area contributed by atoms with Gasteiger partial charge in [-0.3, -0.25) is 0 Å². The third-order valence-electron chi connectivity index (χ3n) is 3.59. The van der Waals surface area contributed by atoms with Crippen LogP contribution < -0.4 is 5.32 Å². The van der Waals surface area contributed by atoms with E-state index in [1.807, 2.05) is 25.6 Å². The van der Waals surface area contributed by atoms with Crippen molar-refractivity contribution in [3.8, 4) is 0 Å². The maximum absolute atomic E-state index is 6.17.